The van der Waals surface area contributed by atoms with Gasteiger partial charge in [-0.3, -0.25) is 4.79 Å². The van der Waals surface area contributed by atoms with E-state index in [2.05, 4.69) is 37.0 Å². The molecule has 0 atom stereocenters. The van der Waals surface area contributed by atoms with Crippen molar-refractivity contribution in [3.63, 3.8) is 0 Å². The molecule has 0 N–H and O–H groups in total. The van der Waals surface area contributed by atoms with Gasteiger partial charge in [-0.1, -0.05) is 0 Å². The lowest BCUT2D eigenvalue weighted by Gasteiger charge is -2.03. The summed E-state index contributed by atoms with van der Waals surface area (Å²) in [6.45, 7) is 0.645. The van der Waals surface area contributed by atoms with Crippen molar-refractivity contribution in [1.29, 1.82) is 0 Å². The van der Waals surface area contributed by atoms with Crippen LogP contribution in [0.15, 0.2) is 19.9 Å². The minimum absolute atomic E-state index is 0.0941. The zero-order chi connectivity index (χ0) is 9.84. The molecule has 1 aromatic rings. The topological polar surface area (TPSA) is 34.9 Å². The summed E-state index contributed by atoms with van der Waals surface area (Å²) in [5.41, 5.74) is -0.0941. The molecule has 13 heavy (non-hydrogen) atoms. The Balaban J connectivity index is 2.97. The van der Waals surface area contributed by atoms with Crippen molar-refractivity contribution in [3.05, 3.63) is 25.5 Å². The Labute approximate surface area is 97.2 Å². The Morgan fingerprint density at radius 2 is 2.31 bits per heavy atom. The van der Waals surface area contributed by atoms with Gasteiger partial charge in [-0.05, 0) is 38.1 Å². The molecule has 1 aromatic heterocycles. The largest absolute Gasteiger partial charge is 0.282 e. The van der Waals surface area contributed by atoms with Gasteiger partial charge >= 0.3 is 0 Å². The molecular weight excluding hydrogens is 320 g/mol. The summed E-state index contributed by atoms with van der Waals surface area (Å²) in [7, 11) is 0. The Bertz CT molecular complexity index is 353. The molecule has 3 nitrogen and oxygen atoms in total. The first-order valence-corrected chi connectivity index (χ1v) is 6.55. The predicted octanol–water partition coefficient (Wildman–Crippen LogP) is 2.13. The van der Waals surface area contributed by atoms with Crippen LogP contribution in [0.1, 0.15) is 0 Å². The Kier molecular flexibility index (Phi) is 4.48. The molecule has 0 saturated carbocycles. The molecule has 0 saturated heterocycles. The number of halogens is 2. The number of thioether (sulfide) groups is 1. The molecule has 0 amide bonds. The van der Waals surface area contributed by atoms with Gasteiger partial charge in [0.1, 0.15) is 4.47 Å². The number of aryl methyl sites for hydroxylation is 1. The fraction of sp³-hybridized carbons (Fsp3) is 0.429. The number of rotatable bonds is 3. The molecule has 6 heteroatoms. The standard InChI is InChI=1S/C7H8Br2N2OS/c1-13-3-2-11-7(12)6(9)5(8)4-10-11/h4H,2-3H2,1H3. The first-order chi connectivity index (χ1) is 6.16. The molecule has 0 aliphatic rings. The number of aromatic nitrogens is 2. The lowest BCUT2D eigenvalue weighted by Crippen LogP contribution is -2.24. The minimum atomic E-state index is -0.0941. The van der Waals surface area contributed by atoms with Crippen LogP contribution in [0.4, 0.5) is 0 Å². The van der Waals surface area contributed by atoms with Crippen LogP contribution in [0.3, 0.4) is 0 Å². The second-order valence-electron chi connectivity index (χ2n) is 2.33. The number of hydrogen-bond donors (Lipinski definition) is 0. The molecule has 0 bridgehead atoms. The molecular formula is C7H8Br2N2OS. The molecule has 0 fully saturated rings. The number of nitrogens with zero attached hydrogens (tertiary/aromatic N) is 2. The lowest BCUT2D eigenvalue weighted by atomic mass is 10.5. The average molecular weight is 328 g/mol. The van der Waals surface area contributed by atoms with Gasteiger partial charge in [-0.25, -0.2) is 4.68 Å². The number of hydrogen-bond acceptors (Lipinski definition) is 3. The van der Waals surface area contributed by atoms with E-state index in [0.717, 1.165) is 5.75 Å². The van der Waals surface area contributed by atoms with E-state index >= 15 is 0 Å². The summed E-state index contributed by atoms with van der Waals surface area (Å²) in [6, 6.07) is 0. The maximum atomic E-state index is 11.5. The zero-order valence-electron chi connectivity index (χ0n) is 6.96. The van der Waals surface area contributed by atoms with Crippen LogP contribution < -0.4 is 5.56 Å². The third kappa shape index (κ3) is 2.82. The first-order valence-electron chi connectivity index (χ1n) is 3.57. The fourth-order valence-corrected chi connectivity index (χ4v) is 1.71. The van der Waals surface area contributed by atoms with E-state index in [1.54, 1.807) is 18.0 Å². The zero-order valence-corrected chi connectivity index (χ0v) is 10.9. The third-order valence-electron chi connectivity index (χ3n) is 1.45. The van der Waals surface area contributed by atoms with Crippen molar-refractivity contribution in [3.8, 4) is 0 Å². The SMILES string of the molecule is CSCCn1ncc(Br)c(Br)c1=O. The maximum absolute atomic E-state index is 11.5. The summed E-state index contributed by atoms with van der Waals surface area (Å²) in [4.78, 5) is 11.5. The Hall–Kier alpha value is 0.190. The monoisotopic (exact) mass is 326 g/mol. The smallest absolute Gasteiger partial charge is 0.266 e. The van der Waals surface area contributed by atoms with E-state index in [9.17, 15) is 4.79 Å². The van der Waals surface area contributed by atoms with E-state index in [1.807, 2.05) is 6.26 Å². The van der Waals surface area contributed by atoms with Crippen molar-refractivity contribution in [2.45, 2.75) is 6.54 Å². The van der Waals surface area contributed by atoms with Gasteiger partial charge in [0, 0.05) is 5.75 Å². The van der Waals surface area contributed by atoms with E-state index in [1.165, 1.54) is 4.68 Å². The van der Waals surface area contributed by atoms with Crippen LogP contribution in [0.5, 0.6) is 0 Å². The highest BCUT2D eigenvalue weighted by Gasteiger charge is 2.05. The fourth-order valence-electron chi connectivity index (χ4n) is 0.782. The second-order valence-corrected chi connectivity index (χ2v) is 4.96. The van der Waals surface area contributed by atoms with Crippen LogP contribution in [0, 0.1) is 0 Å². The van der Waals surface area contributed by atoms with E-state index in [-0.39, 0.29) is 5.56 Å². The second kappa shape index (κ2) is 5.17. The molecule has 0 aliphatic heterocycles. The molecule has 0 aliphatic carbocycles. The van der Waals surface area contributed by atoms with Crippen LogP contribution in [0.2, 0.25) is 0 Å². The summed E-state index contributed by atoms with van der Waals surface area (Å²) in [5.74, 6) is 0.890. The van der Waals surface area contributed by atoms with Gasteiger partial charge in [-0.15, -0.1) is 0 Å². The van der Waals surface area contributed by atoms with Crippen LogP contribution in [-0.2, 0) is 6.54 Å². The van der Waals surface area contributed by atoms with E-state index in [0.29, 0.717) is 15.5 Å². The molecule has 0 radical (unpaired) electrons. The van der Waals surface area contributed by atoms with Gasteiger partial charge in [0.25, 0.3) is 5.56 Å². The van der Waals surface area contributed by atoms with Gasteiger partial charge in [0.15, 0.2) is 0 Å². The van der Waals surface area contributed by atoms with Crippen molar-refractivity contribution in [2.75, 3.05) is 12.0 Å². The van der Waals surface area contributed by atoms with Crippen molar-refractivity contribution in [1.82, 2.24) is 9.78 Å². The van der Waals surface area contributed by atoms with Gasteiger partial charge in [0.2, 0.25) is 0 Å². The highest BCUT2D eigenvalue weighted by molar-refractivity contribution is 9.13. The van der Waals surface area contributed by atoms with E-state index < -0.39 is 0 Å². The predicted molar refractivity (Wildman–Crippen MR) is 62.3 cm³/mol. The van der Waals surface area contributed by atoms with Crippen molar-refractivity contribution < 1.29 is 0 Å². The summed E-state index contributed by atoms with van der Waals surface area (Å²) in [5, 5.41) is 3.99. The normalized spacial score (nSPS) is 10.4. The highest BCUT2D eigenvalue weighted by atomic mass is 79.9. The first kappa shape index (κ1) is 11.3. The van der Waals surface area contributed by atoms with Crippen LogP contribution >= 0.6 is 43.6 Å². The average Bonchev–Trinajstić information content (AvgIpc) is 2.13. The molecule has 0 unspecified atom stereocenters. The van der Waals surface area contributed by atoms with E-state index in [4.69, 9.17) is 0 Å². The summed E-state index contributed by atoms with van der Waals surface area (Å²) < 4.78 is 2.67. The van der Waals surface area contributed by atoms with Crippen molar-refractivity contribution >= 4 is 43.6 Å². The Morgan fingerprint density at radius 1 is 1.62 bits per heavy atom. The van der Waals surface area contributed by atoms with Gasteiger partial charge in [0.05, 0.1) is 17.2 Å². The molecule has 0 spiro atoms. The molecule has 1 rings (SSSR count). The third-order valence-corrected chi connectivity index (χ3v) is 3.94. The van der Waals surface area contributed by atoms with Gasteiger partial charge in [-0.2, -0.15) is 16.9 Å². The molecule has 1 heterocycles. The van der Waals surface area contributed by atoms with Crippen LogP contribution in [-0.4, -0.2) is 21.8 Å². The summed E-state index contributed by atoms with van der Waals surface area (Å²) in [6.07, 6.45) is 3.62. The lowest BCUT2D eigenvalue weighted by molar-refractivity contribution is 0.616. The van der Waals surface area contributed by atoms with Crippen molar-refractivity contribution in [2.24, 2.45) is 0 Å². The Morgan fingerprint density at radius 3 is 2.92 bits per heavy atom. The maximum Gasteiger partial charge on any atom is 0.282 e. The summed E-state index contributed by atoms with van der Waals surface area (Å²) >= 11 is 8.10. The van der Waals surface area contributed by atoms with Crippen LogP contribution in [0.25, 0.3) is 0 Å². The molecule has 72 valence electrons. The highest BCUT2D eigenvalue weighted by Crippen LogP contribution is 2.16. The van der Waals surface area contributed by atoms with Gasteiger partial charge < -0.3 is 0 Å². The quantitative estimate of drug-likeness (QED) is 0.853. The molecule has 0 aromatic carbocycles. The minimum Gasteiger partial charge on any atom is -0.266 e.